The fraction of sp³-hybridized carbons (Fsp3) is 0.333. The van der Waals surface area contributed by atoms with Gasteiger partial charge in [0, 0.05) is 0 Å². The van der Waals surface area contributed by atoms with Crippen molar-refractivity contribution in [1.29, 1.82) is 0 Å². The third-order valence-corrected chi connectivity index (χ3v) is 4.45. The summed E-state index contributed by atoms with van der Waals surface area (Å²) < 4.78 is 2.37. The minimum absolute atomic E-state index is 0.592. The maximum absolute atomic E-state index is 2.39. The molecule has 0 unspecified atom stereocenters. The first-order valence-corrected chi connectivity index (χ1v) is 4.81. The Bertz CT molecular complexity index is 65.0. The molecule has 0 aromatic carbocycles. The first-order chi connectivity index (χ1) is 2.50. The Labute approximate surface area is 39.6 Å². The molecule has 0 aromatic heterocycles. The van der Waals surface area contributed by atoms with Crippen LogP contribution in [0.15, 0.2) is 0 Å². The van der Waals surface area contributed by atoms with Gasteiger partial charge in [0.1, 0.15) is 0 Å². The van der Waals surface area contributed by atoms with E-state index in [1.54, 1.807) is 8.20 Å². The van der Waals surface area contributed by atoms with Gasteiger partial charge in [-0.2, -0.15) is 0 Å². The van der Waals surface area contributed by atoms with Gasteiger partial charge >= 0.3 is 39.1 Å². The summed E-state index contributed by atoms with van der Waals surface area (Å²) in [5.74, 6) is 0. The first-order valence-electron chi connectivity index (χ1n) is 1.50. The van der Waals surface area contributed by atoms with E-state index in [0.717, 1.165) is 0 Å². The fourth-order valence-corrected chi connectivity index (χ4v) is 3.67. The van der Waals surface area contributed by atoms with E-state index in [0.29, 0.717) is 15.3 Å². The van der Waals surface area contributed by atoms with Gasteiger partial charge in [0.15, 0.2) is 0 Å². The molecule has 0 fully saturated rings. The Morgan fingerprint density at radius 3 is 3.00 bits per heavy atom. The summed E-state index contributed by atoms with van der Waals surface area (Å²) in [7, 11) is 1.55. The molecule has 0 saturated heterocycles. The summed E-state index contributed by atoms with van der Waals surface area (Å²) in [6.07, 6.45) is 1.33. The van der Waals surface area contributed by atoms with E-state index in [-0.39, 0.29) is 0 Å². The van der Waals surface area contributed by atoms with Crippen LogP contribution in [0.1, 0.15) is 0 Å². The molecule has 1 rings (SSSR count). The van der Waals surface area contributed by atoms with E-state index < -0.39 is 0 Å². The molecule has 0 spiro atoms. The minimum atomic E-state index is 0.592. The molecule has 0 saturated carbocycles. The van der Waals surface area contributed by atoms with Crippen molar-refractivity contribution in [3.05, 3.63) is 0 Å². The van der Waals surface area contributed by atoms with Crippen LogP contribution in [-0.4, -0.2) is 30.9 Å². The molecule has 0 amide bonds. The monoisotopic (exact) mass is 146 g/mol. The van der Waals surface area contributed by atoms with Gasteiger partial charge in [0.2, 0.25) is 0 Å². The normalized spacial score (nSPS) is 24.0. The molecule has 0 aliphatic carbocycles. The molecule has 1 heterocycles. The zero-order valence-electron chi connectivity index (χ0n) is 2.76. The Morgan fingerprint density at radius 1 is 1.80 bits per heavy atom. The summed E-state index contributed by atoms with van der Waals surface area (Å²) in [6, 6.07) is 0. The van der Waals surface area contributed by atoms with Gasteiger partial charge in [-0.3, -0.25) is 0 Å². The quantitative estimate of drug-likeness (QED) is 0.338. The first kappa shape index (κ1) is 3.78. The van der Waals surface area contributed by atoms with Crippen LogP contribution < -0.4 is 0 Å². The Hall–Kier alpha value is 0.598. The summed E-state index contributed by atoms with van der Waals surface area (Å²) in [5, 5.41) is 0. The summed E-state index contributed by atoms with van der Waals surface area (Å²) in [5.41, 5.74) is 0. The van der Waals surface area contributed by atoms with Crippen LogP contribution in [0.25, 0.3) is 0 Å². The van der Waals surface area contributed by atoms with Crippen LogP contribution in [0.3, 0.4) is 0 Å². The van der Waals surface area contributed by atoms with Crippen LogP contribution >= 0.6 is 8.20 Å². The van der Waals surface area contributed by atoms with E-state index >= 15 is 0 Å². The van der Waals surface area contributed by atoms with Gasteiger partial charge < -0.3 is 0 Å². The summed E-state index contributed by atoms with van der Waals surface area (Å²) >= 11 is 0.592. The molecule has 0 radical (unpaired) electrons. The second kappa shape index (κ2) is 1.90. The van der Waals surface area contributed by atoms with Gasteiger partial charge in [0.25, 0.3) is 0 Å². The van der Waals surface area contributed by atoms with Crippen LogP contribution in [0.2, 0.25) is 0 Å². The zero-order valence-corrected chi connectivity index (χ0v) is 5.53. The van der Waals surface area contributed by atoms with E-state index in [2.05, 4.69) is 9.39 Å². The number of rotatable bonds is 0. The third kappa shape index (κ3) is 0.991. The third-order valence-electron chi connectivity index (χ3n) is 0.441. The second-order valence-corrected chi connectivity index (χ2v) is 4.62. The average molecular weight is 146 g/mol. The molecule has 1 aliphatic heterocycles. The predicted octanol–water partition coefficient (Wildman–Crippen LogP) is 0.212. The van der Waals surface area contributed by atoms with Crippen molar-refractivity contribution in [1.82, 2.24) is 0 Å². The molecule has 2 heteroatoms. The van der Waals surface area contributed by atoms with Gasteiger partial charge in [-0.25, -0.2) is 0 Å². The van der Waals surface area contributed by atoms with Crippen LogP contribution in [-0.2, 0) is 0 Å². The molecule has 26 valence electrons. The SMILES string of the molecule is C1=PCC=[As]1. The number of hydrogen-bond donors (Lipinski definition) is 0. The molecule has 5 heavy (non-hydrogen) atoms. The van der Waals surface area contributed by atoms with Crippen LogP contribution in [0, 0.1) is 0 Å². The molecule has 1 aliphatic rings. The van der Waals surface area contributed by atoms with E-state index in [9.17, 15) is 0 Å². The van der Waals surface area contributed by atoms with Crippen LogP contribution in [0.4, 0.5) is 0 Å². The Morgan fingerprint density at radius 2 is 2.80 bits per heavy atom. The fourth-order valence-electron chi connectivity index (χ4n) is 0.236. The molecule has 0 atom stereocenters. The van der Waals surface area contributed by atoms with E-state index in [1.807, 2.05) is 0 Å². The van der Waals surface area contributed by atoms with Gasteiger partial charge in [-0.05, 0) is 0 Å². The Balaban J connectivity index is 2.61. The summed E-state index contributed by atoms with van der Waals surface area (Å²) in [6.45, 7) is 0. The molecule has 0 bridgehead atoms. The predicted molar refractivity (Wildman–Crippen MR) is 29.7 cm³/mol. The van der Waals surface area contributed by atoms with Crippen molar-refractivity contribution < 1.29 is 0 Å². The molecule has 0 N–H and O–H groups in total. The maximum atomic E-state index is 2.39. The molecule has 0 nitrogen and oxygen atoms in total. The van der Waals surface area contributed by atoms with Gasteiger partial charge in [-0.1, -0.05) is 0 Å². The van der Waals surface area contributed by atoms with Crippen molar-refractivity contribution in [2.45, 2.75) is 0 Å². The van der Waals surface area contributed by atoms with Gasteiger partial charge in [0.05, 0.1) is 0 Å². The second-order valence-electron chi connectivity index (χ2n) is 0.812. The van der Waals surface area contributed by atoms with E-state index in [1.165, 1.54) is 6.16 Å². The van der Waals surface area contributed by atoms with Crippen molar-refractivity contribution in [2.24, 2.45) is 0 Å². The summed E-state index contributed by atoms with van der Waals surface area (Å²) in [4.78, 5) is 2.39. The molecule has 0 aromatic rings. The topological polar surface area (TPSA) is 0 Å². The zero-order chi connectivity index (χ0) is 3.54. The molecular weight excluding hydrogens is 142 g/mol. The number of hydrogen-bond acceptors (Lipinski definition) is 0. The van der Waals surface area contributed by atoms with Crippen molar-refractivity contribution in [2.75, 3.05) is 6.16 Å². The molecular formula is C3H4AsP. The Kier molecular flexibility index (Phi) is 1.44. The van der Waals surface area contributed by atoms with Crippen molar-refractivity contribution in [3.63, 3.8) is 0 Å². The average Bonchev–Trinajstić information content (AvgIpc) is 1.76. The van der Waals surface area contributed by atoms with Gasteiger partial charge in [-0.15, -0.1) is 0 Å². The van der Waals surface area contributed by atoms with Crippen molar-refractivity contribution in [3.8, 4) is 0 Å². The van der Waals surface area contributed by atoms with Crippen molar-refractivity contribution >= 4 is 32.9 Å². The van der Waals surface area contributed by atoms with E-state index in [4.69, 9.17) is 0 Å². The van der Waals surface area contributed by atoms with Crippen LogP contribution in [0.5, 0.6) is 0 Å². The standard InChI is InChI=1S/C3H4AsP/c1-2-5-3-4-1/h1,3H,2H2.